The minimum absolute atomic E-state index is 0.0636. The third-order valence-electron chi connectivity index (χ3n) is 4.48. The number of sulfone groups is 1. The molecule has 0 radical (unpaired) electrons. The zero-order valence-electron chi connectivity index (χ0n) is 14.9. The molecule has 0 spiro atoms. The number of carbonyl (C=O) groups is 2. The largest absolute Gasteiger partial charge is 0.508 e. The van der Waals surface area contributed by atoms with Crippen molar-refractivity contribution < 1.29 is 23.1 Å². The van der Waals surface area contributed by atoms with Crippen LogP contribution in [-0.4, -0.2) is 49.1 Å². The highest BCUT2D eigenvalue weighted by Gasteiger charge is 2.31. The molecule has 0 aliphatic carbocycles. The lowest BCUT2D eigenvalue weighted by Crippen LogP contribution is -2.53. The van der Waals surface area contributed by atoms with Crippen molar-refractivity contribution >= 4 is 27.5 Å². The van der Waals surface area contributed by atoms with Crippen LogP contribution in [0.2, 0.25) is 0 Å². The molecule has 8 nitrogen and oxygen atoms in total. The highest BCUT2D eigenvalue weighted by atomic mass is 32.2. The molecule has 4 N–H and O–H groups in total. The zero-order valence-corrected chi connectivity index (χ0v) is 15.7. The van der Waals surface area contributed by atoms with Crippen LogP contribution in [0.25, 0.3) is 0 Å². The first-order valence-corrected chi connectivity index (χ1v) is 10.4. The predicted octanol–water partition coefficient (Wildman–Crippen LogP) is 1.23. The molecule has 1 aromatic rings. The maximum Gasteiger partial charge on any atom is 0.315 e. The molecule has 1 aliphatic heterocycles. The summed E-state index contributed by atoms with van der Waals surface area (Å²) >= 11 is 0. The Labute approximate surface area is 153 Å². The molecule has 1 fully saturated rings. The molecule has 1 aromatic carbocycles. The SMILES string of the molecule is CC[C@@H](C)[C@H](NC(=O)N[C@H]1CCS(=O)(=O)C1)C(=O)Nc1ccc(O)cc1. The molecule has 9 heteroatoms. The number of phenols is 1. The number of urea groups is 1. The van der Waals surface area contributed by atoms with E-state index in [1.807, 2.05) is 13.8 Å². The van der Waals surface area contributed by atoms with Gasteiger partial charge in [-0.25, -0.2) is 13.2 Å². The van der Waals surface area contributed by atoms with Crippen molar-refractivity contribution in [2.45, 2.75) is 38.8 Å². The fraction of sp³-hybridized carbons (Fsp3) is 0.529. The van der Waals surface area contributed by atoms with Crippen LogP contribution in [-0.2, 0) is 14.6 Å². The van der Waals surface area contributed by atoms with E-state index in [9.17, 15) is 23.1 Å². The van der Waals surface area contributed by atoms with E-state index in [-0.39, 0.29) is 29.1 Å². The van der Waals surface area contributed by atoms with Crippen LogP contribution in [0.4, 0.5) is 10.5 Å². The molecule has 144 valence electrons. The number of anilines is 1. The van der Waals surface area contributed by atoms with E-state index in [0.29, 0.717) is 18.5 Å². The highest BCUT2D eigenvalue weighted by Crippen LogP contribution is 2.16. The van der Waals surface area contributed by atoms with Crippen LogP contribution in [0.5, 0.6) is 5.75 Å². The first-order chi connectivity index (χ1) is 12.2. The number of benzene rings is 1. The monoisotopic (exact) mass is 383 g/mol. The predicted molar refractivity (Wildman–Crippen MR) is 98.7 cm³/mol. The number of amides is 3. The van der Waals surface area contributed by atoms with Crippen LogP contribution < -0.4 is 16.0 Å². The van der Waals surface area contributed by atoms with Gasteiger partial charge in [0, 0.05) is 11.7 Å². The summed E-state index contributed by atoms with van der Waals surface area (Å²) in [4.78, 5) is 24.8. The number of hydrogen-bond acceptors (Lipinski definition) is 5. The average molecular weight is 383 g/mol. The fourth-order valence-corrected chi connectivity index (χ4v) is 4.42. The fourth-order valence-electron chi connectivity index (χ4n) is 2.74. The first-order valence-electron chi connectivity index (χ1n) is 8.57. The maximum absolute atomic E-state index is 12.6. The molecular weight excluding hydrogens is 358 g/mol. The van der Waals surface area contributed by atoms with Crippen molar-refractivity contribution in [3.05, 3.63) is 24.3 Å². The van der Waals surface area contributed by atoms with E-state index >= 15 is 0 Å². The smallest absolute Gasteiger partial charge is 0.315 e. The quantitative estimate of drug-likeness (QED) is 0.550. The Morgan fingerprint density at radius 1 is 1.27 bits per heavy atom. The van der Waals surface area contributed by atoms with E-state index in [0.717, 1.165) is 0 Å². The summed E-state index contributed by atoms with van der Waals surface area (Å²) in [7, 11) is -3.09. The van der Waals surface area contributed by atoms with Gasteiger partial charge in [-0.05, 0) is 36.6 Å². The van der Waals surface area contributed by atoms with Crippen molar-refractivity contribution in [2.24, 2.45) is 5.92 Å². The molecule has 2 rings (SSSR count). The van der Waals surface area contributed by atoms with Gasteiger partial charge >= 0.3 is 6.03 Å². The molecule has 1 saturated heterocycles. The molecule has 0 unspecified atom stereocenters. The summed E-state index contributed by atoms with van der Waals surface area (Å²) in [6.45, 7) is 3.76. The van der Waals surface area contributed by atoms with Crippen molar-refractivity contribution in [1.29, 1.82) is 0 Å². The molecule has 1 heterocycles. The minimum atomic E-state index is -3.09. The molecule has 1 aliphatic rings. The number of rotatable bonds is 6. The number of hydrogen-bond donors (Lipinski definition) is 4. The summed E-state index contributed by atoms with van der Waals surface area (Å²) in [5.41, 5.74) is 0.505. The van der Waals surface area contributed by atoms with Crippen molar-refractivity contribution in [2.75, 3.05) is 16.8 Å². The maximum atomic E-state index is 12.6. The van der Waals surface area contributed by atoms with E-state index in [1.54, 1.807) is 12.1 Å². The molecule has 0 saturated carbocycles. The number of carbonyl (C=O) groups excluding carboxylic acids is 2. The molecular formula is C17H25N3O5S. The zero-order chi connectivity index (χ0) is 19.3. The topological polar surface area (TPSA) is 125 Å². The number of nitrogens with one attached hydrogen (secondary N) is 3. The Morgan fingerprint density at radius 3 is 2.46 bits per heavy atom. The van der Waals surface area contributed by atoms with Crippen molar-refractivity contribution in [3.8, 4) is 5.75 Å². The van der Waals surface area contributed by atoms with Crippen LogP contribution in [0.3, 0.4) is 0 Å². The van der Waals surface area contributed by atoms with Gasteiger partial charge in [0.25, 0.3) is 0 Å². The lowest BCUT2D eigenvalue weighted by Gasteiger charge is -2.24. The Kier molecular flexibility index (Phi) is 6.47. The van der Waals surface area contributed by atoms with Gasteiger partial charge in [-0.3, -0.25) is 4.79 Å². The van der Waals surface area contributed by atoms with E-state index < -0.39 is 28.0 Å². The van der Waals surface area contributed by atoms with Gasteiger partial charge in [0.2, 0.25) is 5.91 Å². The van der Waals surface area contributed by atoms with E-state index in [2.05, 4.69) is 16.0 Å². The van der Waals surface area contributed by atoms with Gasteiger partial charge in [0.15, 0.2) is 9.84 Å². The minimum Gasteiger partial charge on any atom is -0.508 e. The summed E-state index contributed by atoms with van der Waals surface area (Å²) in [6, 6.07) is 4.26. The highest BCUT2D eigenvalue weighted by molar-refractivity contribution is 7.91. The third-order valence-corrected chi connectivity index (χ3v) is 6.25. The van der Waals surface area contributed by atoms with Gasteiger partial charge in [-0.15, -0.1) is 0 Å². The van der Waals surface area contributed by atoms with E-state index in [4.69, 9.17) is 0 Å². The summed E-state index contributed by atoms with van der Waals surface area (Å²) < 4.78 is 23.0. The standard InChI is InChI=1S/C17H25N3O5S/c1-3-11(2)15(16(22)18-12-4-6-14(21)7-5-12)20-17(23)19-13-8-9-26(24,25)10-13/h4-7,11,13,15,21H,3,8-10H2,1-2H3,(H,18,22)(H2,19,20,23)/t11-,13+,15+/m1/s1. The lowest BCUT2D eigenvalue weighted by atomic mass is 9.98. The molecule has 3 amide bonds. The summed E-state index contributed by atoms with van der Waals surface area (Å²) in [6.07, 6.45) is 1.05. The Hall–Kier alpha value is -2.29. The van der Waals surface area contributed by atoms with Gasteiger partial charge in [-0.2, -0.15) is 0 Å². The van der Waals surface area contributed by atoms with Crippen LogP contribution in [0.15, 0.2) is 24.3 Å². The Balaban J connectivity index is 1.98. The second kappa shape index (κ2) is 8.39. The summed E-state index contributed by atoms with van der Waals surface area (Å²) in [5, 5.41) is 17.3. The molecule has 0 aromatic heterocycles. The second-order valence-electron chi connectivity index (χ2n) is 6.62. The van der Waals surface area contributed by atoms with Gasteiger partial charge in [0.1, 0.15) is 11.8 Å². The van der Waals surface area contributed by atoms with Gasteiger partial charge < -0.3 is 21.1 Å². The normalized spacial score (nSPS) is 20.8. The van der Waals surface area contributed by atoms with Crippen molar-refractivity contribution in [1.82, 2.24) is 10.6 Å². The molecule has 3 atom stereocenters. The second-order valence-corrected chi connectivity index (χ2v) is 8.85. The van der Waals surface area contributed by atoms with Gasteiger partial charge in [-0.1, -0.05) is 20.3 Å². The van der Waals surface area contributed by atoms with Crippen LogP contribution >= 0.6 is 0 Å². The third kappa shape index (κ3) is 5.62. The molecule has 26 heavy (non-hydrogen) atoms. The van der Waals surface area contributed by atoms with Gasteiger partial charge in [0.05, 0.1) is 11.5 Å². The van der Waals surface area contributed by atoms with Crippen LogP contribution in [0.1, 0.15) is 26.7 Å². The Morgan fingerprint density at radius 2 is 1.92 bits per heavy atom. The van der Waals surface area contributed by atoms with Crippen LogP contribution in [0, 0.1) is 5.92 Å². The average Bonchev–Trinajstić information content (AvgIpc) is 2.92. The first kappa shape index (κ1) is 20.0. The molecule has 0 bridgehead atoms. The number of phenolic OH excluding ortho intramolecular Hbond substituents is 1. The van der Waals surface area contributed by atoms with E-state index in [1.165, 1.54) is 12.1 Å². The Bertz CT molecular complexity index is 748. The van der Waals surface area contributed by atoms with Crippen molar-refractivity contribution in [3.63, 3.8) is 0 Å². The number of aromatic hydroxyl groups is 1. The summed E-state index contributed by atoms with van der Waals surface area (Å²) in [5.74, 6) is -0.419. The lowest BCUT2D eigenvalue weighted by molar-refractivity contribution is -0.119.